The highest BCUT2D eigenvalue weighted by Crippen LogP contribution is 2.28. The molecular weight excluding hydrogens is 311 g/mol. The molecule has 0 saturated heterocycles. The van der Waals surface area contributed by atoms with E-state index in [1.807, 2.05) is 0 Å². The van der Waals surface area contributed by atoms with Crippen LogP contribution in [0.5, 0.6) is 0 Å². The molecule has 1 rings (SSSR count). The normalized spacial score (nSPS) is 12.3. The molecular formula is C12H14Cl2O4S. The van der Waals surface area contributed by atoms with Gasteiger partial charge in [0.15, 0.2) is 0 Å². The van der Waals surface area contributed by atoms with Gasteiger partial charge in [-0.15, -0.1) is 0 Å². The van der Waals surface area contributed by atoms with Crippen molar-refractivity contribution in [2.45, 2.75) is 38.2 Å². The van der Waals surface area contributed by atoms with Crippen LogP contribution in [-0.2, 0) is 13.8 Å². The van der Waals surface area contributed by atoms with Crippen molar-refractivity contribution >= 4 is 37.3 Å². The number of esters is 1. The molecule has 0 saturated carbocycles. The first-order chi connectivity index (χ1) is 8.42. The Morgan fingerprint density at radius 1 is 1.26 bits per heavy atom. The van der Waals surface area contributed by atoms with Crippen molar-refractivity contribution < 1.29 is 17.9 Å². The zero-order valence-electron chi connectivity index (χ0n) is 11.0. The fourth-order valence-corrected chi connectivity index (χ4v) is 2.86. The van der Waals surface area contributed by atoms with Gasteiger partial charge in [-0.05, 0) is 45.4 Å². The Labute approximate surface area is 122 Å². The Morgan fingerprint density at radius 3 is 2.21 bits per heavy atom. The van der Waals surface area contributed by atoms with Gasteiger partial charge in [0.1, 0.15) is 5.60 Å². The second-order valence-electron chi connectivity index (χ2n) is 5.02. The number of carbonyl (C=O) groups is 1. The SMILES string of the molecule is Cc1c(Cl)cc(C(=O)OC(C)(C)C)cc1S(=O)(=O)Cl. The Kier molecular flexibility index (Phi) is 4.55. The van der Waals surface area contributed by atoms with E-state index < -0.39 is 20.6 Å². The topological polar surface area (TPSA) is 60.4 Å². The van der Waals surface area contributed by atoms with Gasteiger partial charge in [-0.25, -0.2) is 13.2 Å². The van der Waals surface area contributed by atoms with Crippen LogP contribution in [-0.4, -0.2) is 20.0 Å². The molecule has 0 fully saturated rings. The van der Waals surface area contributed by atoms with E-state index in [0.29, 0.717) is 5.56 Å². The third kappa shape index (κ3) is 4.37. The van der Waals surface area contributed by atoms with Gasteiger partial charge in [-0.2, -0.15) is 0 Å². The second kappa shape index (κ2) is 5.31. The van der Waals surface area contributed by atoms with Crippen LogP contribution in [0.3, 0.4) is 0 Å². The van der Waals surface area contributed by atoms with Gasteiger partial charge in [-0.1, -0.05) is 11.6 Å². The summed E-state index contributed by atoms with van der Waals surface area (Å²) in [5.74, 6) is -0.657. The van der Waals surface area contributed by atoms with Crippen LogP contribution < -0.4 is 0 Å². The number of hydrogen-bond donors (Lipinski definition) is 0. The molecule has 1 aromatic rings. The van der Waals surface area contributed by atoms with E-state index in [2.05, 4.69) is 0 Å². The molecule has 7 heteroatoms. The predicted octanol–water partition coefficient (Wildman–Crippen LogP) is 3.53. The fraction of sp³-hybridized carbons (Fsp3) is 0.417. The minimum absolute atomic E-state index is 0.0461. The van der Waals surface area contributed by atoms with E-state index in [-0.39, 0.29) is 15.5 Å². The van der Waals surface area contributed by atoms with Gasteiger partial charge in [-0.3, -0.25) is 0 Å². The third-order valence-corrected chi connectivity index (χ3v) is 4.03. The minimum atomic E-state index is -3.98. The Morgan fingerprint density at radius 2 is 1.79 bits per heavy atom. The smallest absolute Gasteiger partial charge is 0.338 e. The van der Waals surface area contributed by atoms with Crippen molar-refractivity contribution in [3.63, 3.8) is 0 Å². The third-order valence-electron chi connectivity index (χ3n) is 2.19. The maximum Gasteiger partial charge on any atom is 0.338 e. The van der Waals surface area contributed by atoms with Gasteiger partial charge in [0.2, 0.25) is 0 Å². The summed E-state index contributed by atoms with van der Waals surface area (Å²) < 4.78 is 28.0. The zero-order chi connectivity index (χ0) is 15.0. The molecule has 0 heterocycles. The van der Waals surface area contributed by atoms with Crippen molar-refractivity contribution in [3.05, 3.63) is 28.3 Å². The van der Waals surface area contributed by atoms with E-state index in [9.17, 15) is 13.2 Å². The first kappa shape index (κ1) is 16.3. The second-order valence-corrected chi connectivity index (χ2v) is 7.96. The summed E-state index contributed by atoms with van der Waals surface area (Å²) >= 11 is 5.91. The molecule has 0 bridgehead atoms. The molecule has 19 heavy (non-hydrogen) atoms. The molecule has 0 atom stereocenters. The molecule has 0 aliphatic heterocycles. The van der Waals surface area contributed by atoms with E-state index in [0.717, 1.165) is 6.07 Å². The van der Waals surface area contributed by atoms with Gasteiger partial charge < -0.3 is 4.74 Å². The molecule has 106 valence electrons. The number of hydrogen-bond acceptors (Lipinski definition) is 4. The van der Waals surface area contributed by atoms with Crippen LogP contribution in [0.1, 0.15) is 36.7 Å². The van der Waals surface area contributed by atoms with Gasteiger partial charge >= 0.3 is 5.97 Å². The minimum Gasteiger partial charge on any atom is -0.456 e. The Bertz CT molecular complexity index is 615. The molecule has 4 nitrogen and oxygen atoms in total. The molecule has 0 N–H and O–H groups in total. The highest BCUT2D eigenvalue weighted by molar-refractivity contribution is 8.13. The van der Waals surface area contributed by atoms with Gasteiger partial charge in [0.25, 0.3) is 9.05 Å². The number of halogens is 2. The van der Waals surface area contributed by atoms with Crippen molar-refractivity contribution in [1.29, 1.82) is 0 Å². The first-order valence-electron chi connectivity index (χ1n) is 5.40. The van der Waals surface area contributed by atoms with Gasteiger partial charge in [0.05, 0.1) is 10.5 Å². The monoisotopic (exact) mass is 324 g/mol. The average Bonchev–Trinajstić information content (AvgIpc) is 2.17. The Balaban J connectivity index is 3.33. The van der Waals surface area contributed by atoms with Crippen LogP contribution in [0.2, 0.25) is 5.02 Å². The maximum atomic E-state index is 11.9. The van der Waals surface area contributed by atoms with E-state index in [1.54, 1.807) is 20.8 Å². The highest BCUT2D eigenvalue weighted by Gasteiger charge is 2.23. The largest absolute Gasteiger partial charge is 0.456 e. The molecule has 0 aliphatic carbocycles. The lowest BCUT2D eigenvalue weighted by Crippen LogP contribution is -2.24. The molecule has 0 spiro atoms. The lowest BCUT2D eigenvalue weighted by atomic mass is 10.1. The molecule has 0 unspecified atom stereocenters. The van der Waals surface area contributed by atoms with Crippen LogP contribution in [0, 0.1) is 6.92 Å². The van der Waals surface area contributed by atoms with Crippen LogP contribution in [0.15, 0.2) is 17.0 Å². The fourth-order valence-electron chi connectivity index (χ4n) is 1.36. The standard InChI is InChI=1S/C12H14Cl2O4S/c1-7-9(13)5-8(6-10(7)19(14,16)17)11(15)18-12(2,3)4/h5-6H,1-4H3. The quantitative estimate of drug-likeness (QED) is 0.616. The molecule has 0 radical (unpaired) electrons. The lowest BCUT2D eigenvalue weighted by molar-refractivity contribution is 0.00692. The molecule has 0 aromatic heterocycles. The van der Waals surface area contributed by atoms with Crippen molar-refractivity contribution in [3.8, 4) is 0 Å². The van der Waals surface area contributed by atoms with Gasteiger partial charge in [0, 0.05) is 15.7 Å². The first-order valence-corrected chi connectivity index (χ1v) is 8.09. The van der Waals surface area contributed by atoms with E-state index in [1.165, 1.54) is 13.0 Å². The lowest BCUT2D eigenvalue weighted by Gasteiger charge is -2.20. The summed E-state index contributed by atoms with van der Waals surface area (Å²) in [5.41, 5.74) is -0.345. The molecule has 0 aliphatic rings. The summed E-state index contributed by atoms with van der Waals surface area (Å²) in [5, 5.41) is 0.141. The summed E-state index contributed by atoms with van der Waals surface area (Å²) in [6.07, 6.45) is 0. The Hall–Kier alpha value is -0.780. The summed E-state index contributed by atoms with van der Waals surface area (Å²) in [6.45, 7) is 6.64. The number of ether oxygens (including phenoxy) is 1. The number of carbonyl (C=O) groups excluding carboxylic acids is 1. The maximum absolute atomic E-state index is 11.9. The zero-order valence-corrected chi connectivity index (χ0v) is 13.3. The number of rotatable bonds is 2. The summed E-state index contributed by atoms with van der Waals surface area (Å²) in [6, 6.07) is 2.52. The highest BCUT2D eigenvalue weighted by atomic mass is 35.7. The van der Waals surface area contributed by atoms with Crippen molar-refractivity contribution in [1.82, 2.24) is 0 Å². The summed E-state index contributed by atoms with van der Waals surface area (Å²) in [4.78, 5) is 11.7. The molecule has 0 amide bonds. The van der Waals surface area contributed by atoms with Crippen LogP contribution in [0.25, 0.3) is 0 Å². The summed E-state index contributed by atoms with van der Waals surface area (Å²) in [7, 11) is 1.33. The van der Waals surface area contributed by atoms with Crippen molar-refractivity contribution in [2.75, 3.05) is 0 Å². The predicted molar refractivity (Wildman–Crippen MR) is 74.4 cm³/mol. The van der Waals surface area contributed by atoms with Crippen molar-refractivity contribution in [2.24, 2.45) is 0 Å². The average molecular weight is 325 g/mol. The number of benzene rings is 1. The molecule has 1 aromatic carbocycles. The van der Waals surface area contributed by atoms with Crippen LogP contribution in [0.4, 0.5) is 0 Å². The van der Waals surface area contributed by atoms with E-state index in [4.69, 9.17) is 27.0 Å². The van der Waals surface area contributed by atoms with E-state index >= 15 is 0 Å². The van der Waals surface area contributed by atoms with Crippen LogP contribution >= 0.6 is 22.3 Å².